The summed E-state index contributed by atoms with van der Waals surface area (Å²) in [6.07, 6.45) is 40.0. The number of ketones is 5. The molecule has 0 aromatic carbocycles. The van der Waals surface area contributed by atoms with Crippen molar-refractivity contribution < 1.29 is 63.0 Å². The molecule has 7 N–H and O–H groups in total. The van der Waals surface area contributed by atoms with Crippen LogP contribution in [0.15, 0.2) is 265 Å². The summed E-state index contributed by atoms with van der Waals surface area (Å²) in [4.78, 5) is 93.3. The maximum atomic E-state index is 12.2. The van der Waals surface area contributed by atoms with Crippen LogP contribution in [0.3, 0.4) is 0 Å². The molecule has 0 amide bonds. The van der Waals surface area contributed by atoms with E-state index in [-0.39, 0.29) is 56.7 Å². The molecule has 0 spiro atoms. The third-order valence-electron chi connectivity index (χ3n) is 23.1. The van der Waals surface area contributed by atoms with Gasteiger partial charge in [-0.1, -0.05) is 41.9 Å². The molecule has 682 valence electrons. The number of hydrogen-bond acceptors (Lipinski definition) is 30. The van der Waals surface area contributed by atoms with Crippen LogP contribution in [-0.4, -0.2) is 277 Å². The normalized spacial score (nSPS) is 19.5. The molecule has 0 bridgehead atoms. The number of rotatable bonds is 25. The standard InChI is InChI=1S/C20H22N4O3.C19H19ClN4O3.2C19H21N5O2.C19H20N4O3/c1-14-17(25)8-7-15(19(14)26)21-18-16-6-2-3-11-24(16)22-20(18)27-13-12-23-9-4-5-10-23;20-13-11-14(17(26)12-16(13)25)21-18-15-5-1-2-8-24(15)22-19(18)27-10-9-23-6-3-4-7-23;20-15-13-14(25)6-7-16(15)21-18-17-5-1-2-10-24(17)22-19(18)26-12-11-23-8-3-4-9-23;20-14-6-7-15(17(25)13-14)21-18-16-5-1-2-10-24(16)22-19(18)26-12-11-23-8-3-4-9-23;24-14-6-7-15(17(25)13-14)20-18-16-5-1-2-10-23(16)21-19(18)26-12-11-22-8-3-4-9-22/h2-3,6-8,11,26H,4-5,9-10,12-13H2,1H3;1-2,5,8,11-12,25H,3-4,6-7,9-10H2;2*1-2,5-7,10,13H,3-4,8-9,11-12,20H2;1-2,5-7,10,13,25H,3-4,8-9,11-12H2. The van der Waals surface area contributed by atoms with E-state index in [1.54, 1.807) is 53.9 Å². The average Bonchev–Trinajstić information content (AvgIpc) is 1.63. The quantitative estimate of drug-likeness (QED) is 0.0262. The summed E-state index contributed by atoms with van der Waals surface area (Å²) < 4.78 is 38.1. The number of likely N-dealkylation sites (tertiary alicyclic amines) is 5. The van der Waals surface area contributed by atoms with Crippen LogP contribution in [0.25, 0.3) is 27.6 Å². The maximum absolute atomic E-state index is 12.2. The molecule has 15 heterocycles. The van der Waals surface area contributed by atoms with Crippen molar-refractivity contribution in [3.05, 3.63) is 240 Å². The van der Waals surface area contributed by atoms with Crippen molar-refractivity contribution in [1.82, 2.24) is 72.6 Å². The number of fused-ring (bicyclic) bond motifs is 5. The van der Waals surface area contributed by atoms with E-state index in [1.165, 1.54) is 113 Å². The Kier molecular flexibility index (Phi) is 29.9. The number of pyridine rings is 5. The van der Waals surface area contributed by atoms with E-state index in [2.05, 4.69) is 75.0 Å². The van der Waals surface area contributed by atoms with Gasteiger partial charge in [-0.15, -0.1) is 25.5 Å². The zero-order chi connectivity index (χ0) is 91.4. The van der Waals surface area contributed by atoms with Gasteiger partial charge in [-0.2, -0.15) is 0 Å². The number of nitrogens with zero attached hydrogens (tertiary/aromatic N) is 20. The Morgan fingerprint density at radius 2 is 0.636 bits per heavy atom. The number of aromatic nitrogens is 10. The lowest BCUT2D eigenvalue weighted by atomic mass is 10.0. The van der Waals surface area contributed by atoms with E-state index in [9.17, 15) is 39.3 Å². The first-order valence-electron chi connectivity index (χ1n) is 44.4. The van der Waals surface area contributed by atoms with Gasteiger partial charge in [0.25, 0.3) is 29.4 Å². The second kappa shape index (κ2) is 43.4. The molecule has 0 radical (unpaired) electrons. The number of aliphatic imine (C=N–C) groups is 5. The second-order valence-corrected chi connectivity index (χ2v) is 32.8. The molecule has 20 rings (SSSR count). The van der Waals surface area contributed by atoms with E-state index >= 15 is 0 Å². The van der Waals surface area contributed by atoms with Gasteiger partial charge in [0.15, 0.2) is 45.8 Å². The molecule has 0 saturated carbocycles. The van der Waals surface area contributed by atoms with Crippen LogP contribution < -0.4 is 35.2 Å². The Morgan fingerprint density at radius 3 is 0.985 bits per heavy atom. The number of aliphatic hydroxyl groups is 3. The van der Waals surface area contributed by atoms with Gasteiger partial charge < -0.3 is 50.5 Å². The van der Waals surface area contributed by atoms with Crippen LogP contribution >= 0.6 is 11.6 Å². The topological polar surface area (TPSA) is 409 Å². The molecule has 132 heavy (non-hydrogen) atoms. The number of halogens is 1. The largest absolute Gasteiger partial charge is 0.506 e. The number of carbonyl (C=O) groups excluding carboxylic acids is 5. The number of aliphatic hydroxyl groups excluding tert-OH is 3. The Labute approximate surface area is 765 Å². The summed E-state index contributed by atoms with van der Waals surface area (Å²) in [6.45, 7) is 19.6. The Balaban J connectivity index is 0.000000120. The highest BCUT2D eigenvalue weighted by atomic mass is 35.5. The average molecular weight is 1810 g/mol. The summed E-state index contributed by atoms with van der Waals surface area (Å²) in [5, 5.41) is 52.3. The third-order valence-corrected chi connectivity index (χ3v) is 23.4. The fraction of sp³-hybridized carbons (Fsp3) is 0.323. The van der Waals surface area contributed by atoms with Crippen molar-refractivity contribution in [3.63, 3.8) is 0 Å². The highest BCUT2D eigenvalue weighted by Crippen LogP contribution is 2.39. The first-order valence-corrected chi connectivity index (χ1v) is 44.8. The van der Waals surface area contributed by atoms with Gasteiger partial charge in [-0.3, -0.25) is 48.5 Å². The van der Waals surface area contributed by atoms with Gasteiger partial charge in [-0.25, -0.2) is 47.5 Å². The Morgan fingerprint density at radius 1 is 0.333 bits per heavy atom. The summed E-state index contributed by atoms with van der Waals surface area (Å²) in [7, 11) is 0. The molecular weight excluding hydrogens is 1700 g/mol. The van der Waals surface area contributed by atoms with Crippen LogP contribution in [0.2, 0.25) is 0 Å². The van der Waals surface area contributed by atoms with Gasteiger partial charge in [0.2, 0.25) is 11.6 Å². The van der Waals surface area contributed by atoms with Crippen molar-refractivity contribution >= 4 is 125 Å². The van der Waals surface area contributed by atoms with E-state index in [0.717, 1.165) is 138 Å². The van der Waals surface area contributed by atoms with Gasteiger partial charge in [0.05, 0.1) is 44.0 Å². The van der Waals surface area contributed by atoms with Gasteiger partial charge >= 0.3 is 0 Å². The van der Waals surface area contributed by atoms with Crippen LogP contribution in [0, 0.1) is 0 Å². The SMILES string of the molecule is CC1=C(O)C(=Nc2c(OCCN3CCCC3)nn3ccccc23)C=CC1=O.NC1=CC(=O)C(=Nc2c(OCCN3CCCC3)nn3ccccc23)C=C1.NC1=CC(=O)C=CC1=Nc1c(OCCN2CCCC2)nn2ccccc12.O=C1C=C(O)C(Cl)=CC1=Nc1c(OCCN2CCCC2)nn2ccccc12.O=C1C=CC(=Nc2c(OCCN3CCCC3)nn3ccccc23)C(O)=C1. The van der Waals surface area contributed by atoms with Crippen LogP contribution in [0.4, 0.5) is 28.4 Å². The second-order valence-electron chi connectivity index (χ2n) is 32.4. The minimum atomic E-state index is -0.421. The summed E-state index contributed by atoms with van der Waals surface area (Å²) in [5.41, 5.74) is 20.9. The van der Waals surface area contributed by atoms with Crippen molar-refractivity contribution in [3.8, 4) is 29.4 Å². The lowest BCUT2D eigenvalue weighted by molar-refractivity contribution is -0.112. The molecule has 10 aromatic rings. The number of nitrogens with two attached hydrogens (primary N) is 2. The predicted octanol–water partition coefficient (Wildman–Crippen LogP) is 12.1. The highest BCUT2D eigenvalue weighted by molar-refractivity contribution is 6.52. The fourth-order valence-electron chi connectivity index (χ4n) is 16.1. The Bertz CT molecular complexity index is 6340. The molecule has 36 heteroatoms. The number of carbonyl (C=O) groups is 5. The molecule has 5 aliphatic carbocycles. The number of ether oxygens (including phenoxy) is 5. The number of hydrogen-bond donors (Lipinski definition) is 5. The first kappa shape index (κ1) is 91.0. The van der Waals surface area contributed by atoms with Crippen molar-refractivity contribution in [2.75, 3.05) is 131 Å². The molecule has 0 atom stereocenters. The monoisotopic (exact) mass is 1810 g/mol. The zero-order valence-corrected chi connectivity index (χ0v) is 73.9. The summed E-state index contributed by atoms with van der Waals surface area (Å²) >= 11 is 5.93. The number of allylic oxidation sites excluding steroid dienone is 15. The minimum Gasteiger partial charge on any atom is -0.506 e. The molecule has 10 aliphatic rings. The van der Waals surface area contributed by atoms with Crippen LogP contribution in [0.5, 0.6) is 29.4 Å². The molecular formula is C96H103ClN22O13. The minimum absolute atomic E-state index is 0.0707. The van der Waals surface area contributed by atoms with E-state index in [4.69, 9.17) is 46.8 Å². The van der Waals surface area contributed by atoms with Crippen LogP contribution in [-0.2, 0) is 24.0 Å². The van der Waals surface area contributed by atoms with Gasteiger partial charge in [-0.05, 0) is 252 Å². The predicted molar refractivity (Wildman–Crippen MR) is 504 cm³/mol. The maximum Gasteiger partial charge on any atom is 0.260 e. The van der Waals surface area contributed by atoms with Crippen molar-refractivity contribution in [2.45, 2.75) is 71.1 Å². The van der Waals surface area contributed by atoms with E-state index < -0.39 is 5.78 Å². The molecule has 10 aromatic heterocycles. The highest BCUT2D eigenvalue weighted by Gasteiger charge is 2.28. The van der Waals surface area contributed by atoms with Crippen LogP contribution in [0.1, 0.15) is 71.1 Å². The van der Waals surface area contributed by atoms with Gasteiger partial charge in [0, 0.05) is 99.3 Å². The molecule has 5 fully saturated rings. The lowest BCUT2D eigenvalue weighted by Crippen LogP contribution is -2.25. The molecule has 5 saturated heterocycles. The van der Waals surface area contributed by atoms with Crippen molar-refractivity contribution in [2.24, 2.45) is 36.4 Å². The summed E-state index contributed by atoms with van der Waals surface area (Å²) in [5.74, 6) is 0.333. The molecule has 0 unspecified atom stereocenters. The van der Waals surface area contributed by atoms with E-state index in [0.29, 0.717) is 125 Å². The molecule has 35 nitrogen and oxygen atoms in total. The fourth-order valence-corrected chi connectivity index (χ4v) is 16.2. The first-order chi connectivity index (χ1) is 64.4. The van der Waals surface area contributed by atoms with E-state index in [1.807, 2.05) is 116 Å². The smallest absolute Gasteiger partial charge is 0.260 e. The third kappa shape index (κ3) is 22.9. The molecule has 5 aliphatic heterocycles. The van der Waals surface area contributed by atoms with Crippen molar-refractivity contribution in [1.29, 1.82) is 0 Å². The zero-order valence-electron chi connectivity index (χ0n) is 73.2. The lowest BCUT2D eigenvalue weighted by Gasteiger charge is -2.14. The summed E-state index contributed by atoms with van der Waals surface area (Å²) in [6, 6.07) is 28.4. The van der Waals surface area contributed by atoms with Gasteiger partial charge in [0.1, 0.15) is 73.2 Å². The Hall–Kier alpha value is -14.4.